The predicted octanol–water partition coefficient (Wildman–Crippen LogP) is 1.15. The van der Waals surface area contributed by atoms with Crippen LogP contribution in [0.25, 0.3) is 0 Å². The lowest BCUT2D eigenvalue weighted by atomic mass is 11.0. The highest BCUT2D eigenvalue weighted by Crippen LogP contribution is 2.28. The van der Waals surface area contributed by atoms with Gasteiger partial charge < -0.3 is 4.74 Å². The summed E-state index contributed by atoms with van der Waals surface area (Å²) in [5.74, 6) is 0. The molecule has 1 fully saturated rings. The van der Waals surface area contributed by atoms with Crippen LogP contribution in [0.4, 0.5) is 0 Å². The van der Waals surface area contributed by atoms with Crippen molar-refractivity contribution in [1.29, 1.82) is 0 Å². The Morgan fingerprint density at radius 1 is 1.20 bits per heavy atom. The molecule has 0 aromatic carbocycles. The molecule has 0 aliphatic carbocycles. The maximum Gasteiger partial charge on any atom is 0.173 e. The summed E-state index contributed by atoms with van der Waals surface area (Å²) in [6.07, 6.45) is 0. The molecular weight excluding hydrogens is 111 g/mol. The minimum atomic E-state index is -0.211. The molecule has 1 aliphatic rings. The van der Waals surface area contributed by atoms with Gasteiger partial charge in [0.15, 0.2) is 11.1 Å². The molecule has 0 bridgehead atoms. The molecule has 0 saturated carbocycles. The third-order valence-electron chi connectivity index (χ3n) is 0.389. The van der Waals surface area contributed by atoms with E-state index >= 15 is 0 Å². The van der Waals surface area contributed by atoms with Crippen molar-refractivity contribution in [2.24, 2.45) is 0 Å². The van der Waals surface area contributed by atoms with Crippen molar-refractivity contribution in [1.82, 2.24) is 0 Å². The van der Waals surface area contributed by atoms with Gasteiger partial charge in [0.25, 0.3) is 0 Å². The molecule has 1 rings (SSSR count). The van der Waals surface area contributed by atoms with Crippen LogP contribution in [0, 0.1) is 0 Å². The molecule has 0 aromatic rings. The highest BCUT2D eigenvalue weighted by Gasteiger charge is 2.34. The van der Waals surface area contributed by atoms with Crippen LogP contribution in [0.5, 0.6) is 0 Å². The molecule has 5 heavy (non-hydrogen) atoms. The monoisotopic (exact) mass is 112 g/mol. The quantitative estimate of drug-likeness (QED) is 0.339. The van der Waals surface area contributed by atoms with Crippen LogP contribution in [0.2, 0.25) is 0 Å². The normalized spacial score (nSPS) is 49.2. The first-order valence-electron chi connectivity index (χ1n) is 1.24. The van der Waals surface area contributed by atoms with Crippen molar-refractivity contribution in [3.63, 3.8) is 0 Å². The Morgan fingerprint density at radius 2 is 1.40 bits per heavy atom. The predicted molar refractivity (Wildman–Crippen MR) is 20.4 cm³/mol. The fraction of sp³-hybridized carbons (Fsp3) is 1.00. The van der Waals surface area contributed by atoms with Gasteiger partial charge in [-0.2, -0.15) is 0 Å². The minimum absolute atomic E-state index is 0.211. The van der Waals surface area contributed by atoms with Gasteiger partial charge in [-0.1, -0.05) is 23.2 Å². The van der Waals surface area contributed by atoms with Crippen molar-refractivity contribution in [3.8, 4) is 0 Å². The molecule has 0 spiro atoms. The zero-order valence-corrected chi connectivity index (χ0v) is 3.83. The third-order valence-corrected chi connectivity index (χ3v) is 1.18. The van der Waals surface area contributed by atoms with E-state index in [1.54, 1.807) is 0 Å². The standard InChI is InChI=1S/C2H2Cl2O/c3-1-2(4)5-1/h1-2H/t1-,2+. The molecule has 0 N–H and O–H groups in total. The Kier molecular flexibility index (Phi) is 0.745. The van der Waals surface area contributed by atoms with Crippen LogP contribution in [0.1, 0.15) is 0 Å². The fourth-order valence-electron chi connectivity index (χ4n) is 0.0788. The zero-order valence-electron chi connectivity index (χ0n) is 2.32. The number of epoxide rings is 1. The molecule has 1 nitrogen and oxygen atoms in total. The summed E-state index contributed by atoms with van der Waals surface area (Å²) < 4.78 is 4.45. The van der Waals surface area contributed by atoms with E-state index in [-0.39, 0.29) is 11.1 Å². The zero-order chi connectivity index (χ0) is 3.86. The van der Waals surface area contributed by atoms with Crippen LogP contribution in [0.3, 0.4) is 0 Å². The van der Waals surface area contributed by atoms with Crippen LogP contribution in [-0.2, 0) is 4.74 Å². The summed E-state index contributed by atoms with van der Waals surface area (Å²) in [6, 6.07) is 0. The second kappa shape index (κ2) is 1.00. The summed E-state index contributed by atoms with van der Waals surface area (Å²) in [5.41, 5.74) is -0.423. The second-order valence-corrected chi connectivity index (χ2v) is 1.70. The Morgan fingerprint density at radius 3 is 1.40 bits per heavy atom. The van der Waals surface area contributed by atoms with Gasteiger partial charge in [0.05, 0.1) is 0 Å². The van der Waals surface area contributed by atoms with Gasteiger partial charge in [0.1, 0.15) is 0 Å². The summed E-state index contributed by atoms with van der Waals surface area (Å²) in [4.78, 5) is 0. The Hall–Kier alpha value is 0.540. The van der Waals surface area contributed by atoms with Crippen molar-refractivity contribution >= 4 is 23.2 Å². The van der Waals surface area contributed by atoms with Gasteiger partial charge in [-0.15, -0.1) is 0 Å². The maximum absolute atomic E-state index is 5.18. The number of alkyl halides is 2. The number of hydrogen-bond acceptors (Lipinski definition) is 1. The molecule has 0 aromatic heterocycles. The van der Waals surface area contributed by atoms with Crippen molar-refractivity contribution in [2.45, 2.75) is 11.1 Å². The van der Waals surface area contributed by atoms with E-state index in [9.17, 15) is 0 Å². The Balaban J connectivity index is 2.20. The topological polar surface area (TPSA) is 12.5 Å². The average molecular weight is 113 g/mol. The van der Waals surface area contributed by atoms with Crippen LogP contribution in [0.15, 0.2) is 0 Å². The van der Waals surface area contributed by atoms with Gasteiger partial charge in [0.2, 0.25) is 0 Å². The first-order chi connectivity index (χ1) is 2.30. The molecule has 0 amide bonds. The van der Waals surface area contributed by atoms with Gasteiger partial charge in [-0.3, -0.25) is 0 Å². The van der Waals surface area contributed by atoms with E-state index in [4.69, 9.17) is 23.2 Å². The maximum atomic E-state index is 5.18. The lowest BCUT2D eigenvalue weighted by Gasteiger charge is -1.52. The Bertz CT molecular complexity index is 40.9. The molecule has 1 aliphatic heterocycles. The molecular formula is C2H2Cl2O. The van der Waals surface area contributed by atoms with E-state index in [0.29, 0.717) is 0 Å². The molecule has 2 atom stereocenters. The van der Waals surface area contributed by atoms with E-state index in [1.165, 1.54) is 0 Å². The summed E-state index contributed by atoms with van der Waals surface area (Å²) >= 11 is 10.4. The summed E-state index contributed by atoms with van der Waals surface area (Å²) in [5, 5.41) is 0. The molecule has 3 heteroatoms. The fourth-order valence-corrected chi connectivity index (χ4v) is 0.353. The molecule has 30 valence electrons. The molecule has 0 radical (unpaired) electrons. The van der Waals surface area contributed by atoms with Gasteiger partial charge in [-0.05, 0) is 0 Å². The molecule has 1 heterocycles. The van der Waals surface area contributed by atoms with Crippen LogP contribution >= 0.6 is 23.2 Å². The lowest BCUT2D eigenvalue weighted by Crippen LogP contribution is -1.63. The number of halogens is 2. The second-order valence-electron chi connectivity index (χ2n) is 0.838. The largest absolute Gasteiger partial charge is 0.335 e. The van der Waals surface area contributed by atoms with E-state index in [0.717, 1.165) is 0 Å². The smallest absolute Gasteiger partial charge is 0.173 e. The van der Waals surface area contributed by atoms with Crippen molar-refractivity contribution < 1.29 is 4.74 Å². The van der Waals surface area contributed by atoms with Gasteiger partial charge in [-0.25, -0.2) is 0 Å². The van der Waals surface area contributed by atoms with Crippen molar-refractivity contribution in [2.75, 3.05) is 0 Å². The minimum Gasteiger partial charge on any atom is -0.335 e. The molecule has 1 saturated heterocycles. The Labute approximate surface area is 39.8 Å². The number of ether oxygens (including phenoxy) is 1. The average Bonchev–Trinajstić information content (AvgIpc) is 1.79. The number of hydrogen-bond donors (Lipinski definition) is 0. The SMILES string of the molecule is Cl[C@@H]1O[C@@H]1Cl. The van der Waals surface area contributed by atoms with E-state index in [2.05, 4.69) is 4.74 Å². The first kappa shape index (κ1) is 3.72. The summed E-state index contributed by atoms with van der Waals surface area (Å²) in [7, 11) is 0. The number of rotatable bonds is 0. The van der Waals surface area contributed by atoms with E-state index < -0.39 is 0 Å². The van der Waals surface area contributed by atoms with E-state index in [1.807, 2.05) is 0 Å². The molecule has 0 unspecified atom stereocenters. The lowest BCUT2D eigenvalue weighted by molar-refractivity contribution is 0.441. The van der Waals surface area contributed by atoms with Gasteiger partial charge in [0, 0.05) is 0 Å². The van der Waals surface area contributed by atoms with Crippen LogP contribution in [-0.4, -0.2) is 11.1 Å². The van der Waals surface area contributed by atoms with Gasteiger partial charge >= 0.3 is 0 Å². The third kappa shape index (κ3) is 0.685. The van der Waals surface area contributed by atoms with Crippen LogP contribution < -0.4 is 0 Å². The highest BCUT2D eigenvalue weighted by molar-refractivity contribution is 6.31. The highest BCUT2D eigenvalue weighted by atomic mass is 35.5. The summed E-state index contributed by atoms with van der Waals surface area (Å²) in [6.45, 7) is 0. The first-order valence-corrected chi connectivity index (χ1v) is 2.11. The van der Waals surface area contributed by atoms with Crippen molar-refractivity contribution in [3.05, 3.63) is 0 Å².